The minimum Gasteiger partial charge on any atom is -0.452 e. The van der Waals surface area contributed by atoms with E-state index in [1.54, 1.807) is 74.5 Å². The van der Waals surface area contributed by atoms with E-state index in [4.69, 9.17) is 18.9 Å². The highest BCUT2D eigenvalue weighted by Gasteiger charge is 2.60. The second kappa shape index (κ2) is 8.39. The number of aliphatic hydroxyl groups excluding tert-OH is 2. The first-order valence-electron chi connectivity index (χ1n) is 10.0. The fourth-order valence-electron chi connectivity index (χ4n) is 3.91. The van der Waals surface area contributed by atoms with Crippen LogP contribution in [0.1, 0.15) is 34.6 Å². The molecule has 0 unspecified atom stereocenters. The third-order valence-corrected chi connectivity index (χ3v) is 5.34. The molecule has 8 nitrogen and oxygen atoms in total. The van der Waals surface area contributed by atoms with Crippen molar-refractivity contribution in [3.8, 4) is 0 Å². The lowest BCUT2D eigenvalue weighted by Crippen LogP contribution is -2.64. The standard InChI is InChI=1S/C23H24O8/c1-23(2)30-18-16(25)15(24)17(28-21(26)13-9-5-3-6-10-13)19(20(18)31-23)29-22(27)14-11-7-4-8-12-14/h3-12,15-20,24-25H,1-2H3/t15-,16-,17+,18+,19-,20+/m1/s1. The van der Waals surface area contributed by atoms with Gasteiger partial charge in [0.25, 0.3) is 0 Å². The van der Waals surface area contributed by atoms with Gasteiger partial charge in [0.15, 0.2) is 18.0 Å². The highest BCUT2D eigenvalue weighted by atomic mass is 16.8. The highest BCUT2D eigenvalue weighted by Crippen LogP contribution is 2.40. The largest absolute Gasteiger partial charge is 0.452 e. The van der Waals surface area contributed by atoms with Gasteiger partial charge in [-0.1, -0.05) is 36.4 Å². The molecule has 0 aromatic heterocycles. The van der Waals surface area contributed by atoms with Gasteiger partial charge in [-0.2, -0.15) is 0 Å². The van der Waals surface area contributed by atoms with E-state index >= 15 is 0 Å². The van der Waals surface area contributed by atoms with Gasteiger partial charge < -0.3 is 29.2 Å². The number of ether oxygens (including phenoxy) is 4. The van der Waals surface area contributed by atoms with E-state index in [2.05, 4.69) is 0 Å². The Labute approximate surface area is 179 Å². The van der Waals surface area contributed by atoms with Crippen LogP contribution in [-0.2, 0) is 18.9 Å². The molecular formula is C23H24O8. The van der Waals surface area contributed by atoms with Crippen molar-refractivity contribution >= 4 is 11.9 Å². The van der Waals surface area contributed by atoms with Gasteiger partial charge in [0, 0.05) is 0 Å². The van der Waals surface area contributed by atoms with E-state index in [1.165, 1.54) is 0 Å². The second-order valence-electron chi connectivity index (χ2n) is 8.02. The van der Waals surface area contributed by atoms with Crippen LogP contribution in [0.3, 0.4) is 0 Å². The summed E-state index contributed by atoms with van der Waals surface area (Å²) in [7, 11) is 0. The molecule has 1 saturated carbocycles. The number of rotatable bonds is 4. The number of fused-ring (bicyclic) bond motifs is 1. The molecule has 0 bridgehead atoms. The van der Waals surface area contributed by atoms with E-state index in [0.29, 0.717) is 0 Å². The summed E-state index contributed by atoms with van der Waals surface area (Å²) in [5.74, 6) is -2.50. The number of carbonyl (C=O) groups excluding carboxylic acids is 2. The number of carbonyl (C=O) groups is 2. The van der Waals surface area contributed by atoms with Gasteiger partial charge in [0.2, 0.25) is 0 Å². The van der Waals surface area contributed by atoms with Gasteiger partial charge in [-0.05, 0) is 38.1 Å². The van der Waals surface area contributed by atoms with Gasteiger partial charge in [-0.25, -0.2) is 9.59 Å². The maximum atomic E-state index is 12.7. The predicted octanol–water partition coefficient (Wildman–Crippen LogP) is 1.69. The van der Waals surface area contributed by atoms with Crippen LogP contribution >= 0.6 is 0 Å². The molecule has 2 aliphatic rings. The Bertz CT molecular complexity index is 929. The van der Waals surface area contributed by atoms with E-state index in [-0.39, 0.29) is 11.1 Å². The lowest BCUT2D eigenvalue weighted by molar-refractivity contribution is -0.193. The van der Waals surface area contributed by atoms with Crippen molar-refractivity contribution in [3.05, 3.63) is 71.8 Å². The number of benzene rings is 2. The maximum absolute atomic E-state index is 12.7. The average Bonchev–Trinajstić information content (AvgIpc) is 3.10. The second-order valence-corrected chi connectivity index (χ2v) is 8.02. The molecule has 1 aliphatic heterocycles. The summed E-state index contributed by atoms with van der Waals surface area (Å²) in [6, 6.07) is 16.5. The van der Waals surface area contributed by atoms with Crippen LogP contribution < -0.4 is 0 Å². The molecule has 2 aromatic rings. The SMILES string of the molecule is CC1(C)O[C@@H]2[C@H](OC(=O)c3ccccc3)[C@@H](OC(=O)c3ccccc3)[C@H](O)[C@@H](O)[C@@H]2O1. The monoisotopic (exact) mass is 428 g/mol. The number of esters is 2. The molecule has 31 heavy (non-hydrogen) atoms. The Kier molecular flexibility index (Phi) is 5.81. The zero-order valence-electron chi connectivity index (χ0n) is 17.1. The van der Waals surface area contributed by atoms with E-state index < -0.39 is 54.3 Å². The van der Waals surface area contributed by atoms with Crippen LogP contribution in [0.2, 0.25) is 0 Å². The Hall–Kier alpha value is -2.78. The van der Waals surface area contributed by atoms with Crippen LogP contribution in [0.25, 0.3) is 0 Å². The minimum atomic E-state index is -1.56. The van der Waals surface area contributed by atoms with Crippen molar-refractivity contribution < 1.29 is 38.7 Å². The fourth-order valence-corrected chi connectivity index (χ4v) is 3.91. The average molecular weight is 428 g/mol. The van der Waals surface area contributed by atoms with Crippen molar-refractivity contribution in [1.82, 2.24) is 0 Å². The van der Waals surface area contributed by atoms with Crippen molar-refractivity contribution in [1.29, 1.82) is 0 Å². The third kappa shape index (κ3) is 4.33. The minimum absolute atomic E-state index is 0.253. The van der Waals surface area contributed by atoms with Crippen LogP contribution in [0, 0.1) is 0 Å². The lowest BCUT2D eigenvalue weighted by Gasteiger charge is -2.42. The molecule has 0 spiro atoms. The lowest BCUT2D eigenvalue weighted by atomic mass is 9.84. The summed E-state index contributed by atoms with van der Waals surface area (Å²) < 4.78 is 22.8. The molecule has 6 atom stereocenters. The number of hydrogen-bond acceptors (Lipinski definition) is 8. The summed E-state index contributed by atoms with van der Waals surface area (Å²) in [6.07, 6.45) is -7.45. The Morgan fingerprint density at radius 1 is 0.742 bits per heavy atom. The quantitative estimate of drug-likeness (QED) is 0.708. The highest BCUT2D eigenvalue weighted by molar-refractivity contribution is 5.90. The van der Waals surface area contributed by atoms with Crippen LogP contribution in [0.5, 0.6) is 0 Å². The van der Waals surface area contributed by atoms with Crippen LogP contribution in [0.15, 0.2) is 60.7 Å². The molecular weight excluding hydrogens is 404 g/mol. The van der Waals surface area contributed by atoms with Gasteiger partial charge in [0.1, 0.15) is 24.4 Å². The first kappa shape index (κ1) is 21.5. The molecule has 4 rings (SSSR count). The fraction of sp³-hybridized carbons (Fsp3) is 0.391. The Morgan fingerprint density at radius 2 is 1.19 bits per heavy atom. The Balaban J connectivity index is 1.64. The predicted molar refractivity (Wildman–Crippen MR) is 107 cm³/mol. The summed E-state index contributed by atoms with van der Waals surface area (Å²) in [5, 5.41) is 21.4. The molecule has 0 radical (unpaired) electrons. The first-order valence-corrected chi connectivity index (χ1v) is 10.0. The molecule has 1 saturated heterocycles. The molecule has 8 heteroatoms. The van der Waals surface area contributed by atoms with E-state index in [9.17, 15) is 19.8 Å². The smallest absolute Gasteiger partial charge is 0.338 e. The summed E-state index contributed by atoms with van der Waals surface area (Å²) in [5.41, 5.74) is 0.536. The molecule has 1 aliphatic carbocycles. The number of hydrogen-bond donors (Lipinski definition) is 2. The van der Waals surface area contributed by atoms with Crippen molar-refractivity contribution in [2.75, 3.05) is 0 Å². The topological polar surface area (TPSA) is 112 Å². The number of aliphatic hydroxyl groups is 2. The molecule has 0 amide bonds. The summed E-state index contributed by atoms with van der Waals surface area (Å²) >= 11 is 0. The molecule has 1 heterocycles. The van der Waals surface area contributed by atoms with E-state index in [1.807, 2.05) is 0 Å². The molecule has 2 fully saturated rings. The van der Waals surface area contributed by atoms with Gasteiger partial charge >= 0.3 is 11.9 Å². The van der Waals surface area contributed by atoms with Gasteiger partial charge in [0.05, 0.1) is 11.1 Å². The zero-order chi connectivity index (χ0) is 22.2. The van der Waals surface area contributed by atoms with Crippen molar-refractivity contribution in [3.63, 3.8) is 0 Å². The van der Waals surface area contributed by atoms with Crippen LogP contribution in [0.4, 0.5) is 0 Å². The molecule has 2 aromatic carbocycles. The normalized spacial score (nSPS) is 31.5. The Morgan fingerprint density at radius 3 is 1.71 bits per heavy atom. The summed E-state index contributed by atoms with van der Waals surface area (Å²) in [6.45, 7) is 3.29. The van der Waals surface area contributed by atoms with Crippen molar-refractivity contribution in [2.45, 2.75) is 56.3 Å². The van der Waals surface area contributed by atoms with E-state index in [0.717, 1.165) is 0 Å². The van der Waals surface area contributed by atoms with Crippen LogP contribution in [-0.4, -0.2) is 64.6 Å². The van der Waals surface area contributed by atoms with Crippen molar-refractivity contribution in [2.24, 2.45) is 0 Å². The molecule has 2 N–H and O–H groups in total. The molecule has 164 valence electrons. The first-order chi connectivity index (χ1) is 14.8. The summed E-state index contributed by atoms with van der Waals surface area (Å²) in [4.78, 5) is 25.4. The zero-order valence-corrected chi connectivity index (χ0v) is 17.1. The maximum Gasteiger partial charge on any atom is 0.338 e. The third-order valence-electron chi connectivity index (χ3n) is 5.34. The van der Waals surface area contributed by atoms with Gasteiger partial charge in [-0.3, -0.25) is 0 Å². The van der Waals surface area contributed by atoms with Gasteiger partial charge in [-0.15, -0.1) is 0 Å².